The van der Waals surface area contributed by atoms with Crippen molar-refractivity contribution in [1.29, 1.82) is 0 Å². The zero-order valence-corrected chi connectivity index (χ0v) is 13.0. The van der Waals surface area contributed by atoms with Crippen molar-refractivity contribution in [3.8, 4) is 11.5 Å². The average Bonchev–Trinajstić information content (AvgIpc) is 2.79. The van der Waals surface area contributed by atoms with E-state index >= 15 is 0 Å². The third-order valence-electron chi connectivity index (χ3n) is 3.72. The van der Waals surface area contributed by atoms with Gasteiger partial charge in [-0.2, -0.15) is 4.31 Å². The van der Waals surface area contributed by atoms with Crippen LogP contribution in [0.4, 0.5) is 0 Å². The van der Waals surface area contributed by atoms with Gasteiger partial charge in [-0.3, -0.25) is 0 Å². The molecule has 0 spiro atoms. The van der Waals surface area contributed by atoms with Crippen LogP contribution in [0.3, 0.4) is 0 Å². The molecule has 22 heavy (non-hydrogen) atoms. The maximum absolute atomic E-state index is 12.8. The van der Waals surface area contributed by atoms with Crippen molar-refractivity contribution in [2.24, 2.45) is 5.73 Å². The summed E-state index contributed by atoms with van der Waals surface area (Å²) in [7, 11) is -3.59. The Morgan fingerprint density at radius 1 is 1.18 bits per heavy atom. The van der Waals surface area contributed by atoms with Crippen molar-refractivity contribution < 1.29 is 22.6 Å². The first-order chi connectivity index (χ1) is 10.6. The molecule has 122 valence electrons. The van der Waals surface area contributed by atoms with Gasteiger partial charge in [0.25, 0.3) is 0 Å². The molecule has 1 aromatic rings. The Balaban J connectivity index is 1.87. The Kier molecular flexibility index (Phi) is 4.53. The minimum atomic E-state index is -3.59. The van der Waals surface area contributed by atoms with Gasteiger partial charge in [0.2, 0.25) is 10.0 Å². The van der Waals surface area contributed by atoms with Crippen molar-refractivity contribution in [3.63, 3.8) is 0 Å². The Morgan fingerprint density at radius 2 is 1.95 bits per heavy atom. The third-order valence-corrected chi connectivity index (χ3v) is 5.58. The van der Waals surface area contributed by atoms with Crippen LogP contribution in [-0.2, 0) is 14.8 Å². The van der Waals surface area contributed by atoms with Crippen LogP contribution in [0, 0.1) is 0 Å². The SMILES string of the molecule is NCC1CN(S(=O)(=O)c2ccc3c(c2)OCCCO3)CCO1. The minimum Gasteiger partial charge on any atom is -0.490 e. The molecular formula is C14H20N2O5S. The Bertz CT molecular complexity index is 634. The molecule has 1 fully saturated rings. The molecule has 8 heteroatoms. The van der Waals surface area contributed by atoms with E-state index in [0.29, 0.717) is 44.4 Å². The van der Waals surface area contributed by atoms with Gasteiger partial charge in [0.15, 0.2) is 11.5 Å². The van der Waals surface area contributed by atoms with E-state index in [0.717, 1.165) is 6.42 Å². The number of sulfonamides is 1. The van der Waals surface area contributed by atoms with Crippen molar-refractivity contribution in [1.82, 2.24) is 4.31 Å². The Hall–Kier alpha value is -1.35. The van der Waals surface area contributed by atoms with Gasteiger partial charge in [0.05, 0.1) is 30.8 Å². The molecular weight excluding hydrogens is 308 g/mol. The molecule has 0 bridgehead atoms. The Labute approximate surface area is 130 Å². The average molecular weight is 328 g/mol. The third kappa shape index (κ3) is 3.05. The number of fused-ring (bicyclic) bond motifs is 1. The molecule has 2 aliphatic heterocycles. The number of nitrogens with zero attached hydrogens (tertiary/aromatic N) is 1. The number of ether oxygens (including phenoxy) is 3. The fourth-order valence-corrected chi connectivity index (χ4v) is 3.98. The van der Waals surface area contributed by atoms with Gasteiger partial charge in [0, 0.05) is 32.1 Å². The van der Waals surface area contributed by atoms with Gasteiger partial charge in [-0.25, -0.2) is 8.42 Å². The van der Waals surface area contributed by atoms with Gasteiger partial charge in [-0.05, 0) is 12.1 Å². The van der Waals surface area contributed by atoms with E-state index < -0.39 is 10.0 Å². The molecule has 2 aliphatic rings. The molecule has 0 aromatic heterocycles. The van der Waals surface area contributed by atoms with Crippen LogP contribution >= 0.6 is 0 Å². The largest absolute Gasteiger partial charge is 0.490 e. The zero-order valence-electron chi connectivity index (χ0n) is 12.2. The second kappa shape index (κ2) is 6.41. The molecule has 1 aromatic carbocycles. The summed E-state index contributed by atoms with van der Waals surface area (Å²) in [4.78, 5) is 0.203. The minimum absolute atomic E-state index is 0.203. The van der Waals surface area contributed by atoms with Gasteiger partial charge < -0.3 is 19.9 Å². The summed E-state index contributed by atoms with van der Waals surface area (Å²) in [5.41, 5.74) is 5.57. The summed E-state index contributed by atoms with van der Waals surface area (Å²) in [5, 5.41) is 0. The number of rotatable bonds is 3. The van der Waals surface area contributed by atoms with Crippen molar-refractivity contribution in [2.45, 2.75) is 17.4 Å². The molecule has 0 saturated carbocycles. The maximum atomic E-state index is 12.8. The van der Waals surface area contributed by atoms with Crippen LogP contribution in [0.2, 0.25) is 0 Å². The standard InChI is InChI=1S/C14H20N2O5S/c15-9-11-10-16(4-7-19-11)22(17,18)12-2-3-13-14(8-12)21-6-1-5-20-13/h2-3,8,11H,1,4-7,9-10,15H2. The molecule has 1 atom stereocenters. The summed E-state index contributed by atoms with van der Waals surface area (Å²) >= 11 is 0. The Morgan fingerprint density at radius 3 is 2.73 bits per heavy atom. The highest BCUT2D eigenvalue weighted by Crippen LogP contribution is 2.33. The molecule has 2 N–H and O–H groups in total. The van der Waals surface area contributed by atoms with E-state index in [1.165, 1.54) is 10.4 Å². The highest BCUT2D eigenvalue weighted by molar-refractivity contribution is 7.89. The first-order valence-corrected chi connectivity index (χ1v) is 8.77. The van der Waals surface area contributed by atoms with Crippen molar-refractivity contribution in [2.75, 3.05) is 39.5 Å². The first-order valence-electron chi connectivity index (χ1n) is 7.33. The summed E-state index contributed by atoms with van der Waals surface area (Å²) in [6.45, 7) is 2.34. The van der Waals surface area contributed by atoms with Gasteiger partial charge in [0.1, 0.15) is 0 Å². The highest BCUT2D eigenvalue weighted by atomic mass is 32.2. The molecule has 0 radical (unpaired) electrons. The summed E-state index contributed by atoms with van der Waals surface area (Å²) in [6, 6.07) is 4.73. The topological polar surface area (TPSA) is 91.1 Å². The lowest BCUT2D eigenvalue weighted by atomic mass is 10.3. The van der Waals surface area contributed by atoms with Crippen LogP contribution in [0.1, 0.15) is 6.42 Å². The number of nitrogens with two attached hydrogens (primary N) is 1. The van der Waals surface area contributed by atoms with Crippen LogP contribution in [-0.4, -0.2) is 58.3 Å². The van der Waals surface area contributed by atoms with Crippen LogP contribution in [0.5, 0.6) is 11.5 Å². The second-order valence-electron chi connectivity index (χ2n) is 5.25. The molecule has 1 unspecified atom stereocenters. The van der Waals surface area contributed by atoms with Crippen molar-refractivity contribution >= 4 is 10.0 Å². The summed E-state index contributed by atoms with van der Waals surface area (Å²) in [6.07, 6.45) is 0.516. The normalized spacial score (nSPS) is 23.0. The first kappa shape index (κ1) is 15.5. The lowest BCUT2D eigenvalue weighted by Gasteiger charge is -2.31. The van der Waals surface area contributed by atoms with Gasteiger partial charge in [-0.15, -0.1) is 0 Å². The lowest BCUT2D eigenvalue weighted by molar-refractivity contribution is 0.00450. The molecule has 2 heterocycles. The van der Waals surface area contributed by atoms with Crippen LogP contribution < -0.4 is 15.2 Å². The maximum Gasteiger partial charge on any atom is 0.243 e. The summed E-state index contributed by atoms with van der Waals surface area (Å²) in [5.74, 6) is 1.06. The lowest BCUT2D eigenvalue weighted by Crippen LogP contribution is -2.48. The molecule has 0 amide bonds. The number of hydrogen-bond donors (Lipinski definition) is 1. The van der Waals surface area contributed by atoms with E-state index in [-0.39, 0.29) is 17.5 Å². The predicted octanol–water partition coefficient (Wildman–Crippen LogP) is 0.196. The number of benzene rings is 1. The second-order valence-corrected chi connectivity index (χ2v) is 7.19. The van der Waals surface area contributed by atoms with Crippen LogP contribution in [0.15, 0.2) is 23.1 Å². The molecule has 3 rings (SSSR count). The number of hydrogen-bond acceptors (Lipinski definition) is 6. The zero-order chi connectivity index (χ0) is 15.6. The monoisotopic (exact) mass is 328 g/mol. The quantitative estimate of drug-likeness (QED) is 0.852. The van der Waals surface area contributed by atoms with Gasteiger partial charge >= 0.3 is 0 Å². The molecule has 1 saturated heterocycles. The highest BCUT2D eigenvalue weighted by Gasteiger charge is 2.31. The predicted molar refractivity (Wildman–Crippen MR) is 79.6 cm³/mol. The fraction of sp³-hybridized carbons (Fsp3) is 0.571. The smallest absolute Gasteiger partial charge is 0.243 e. The number of morpholine rings is 1. The molecule has 0 aliphatic carbocycles. The molecule has 7 nitrogen and oxygen atoms in total. The summed E-state index contributed by atoms with van der Waals surface area (Å²) < 4.78 is 43.4. The van der Waals surface area contributed by atoms with E-state index in [2.05, 4.69) is 0 Å². The van der Waals surface area contributed by atoms with Crippen molar-refractivity contribution in [3.05, 3.63) is 18.2 Å². The van der Waals surface area contributed by atoms with E-state index in [1.54, 1.807) is 12.1 Å². The fourth-order valence-electron chi connectivity index (χ4n) is 2.51. The van der Waals surface area contributed by atoms with E-state index in [4.69, 9.17) is 19.9 Å². The van der Waals surface area contributed by atoms with E-state index in [9.17, 15) is 8.42 Å². The van der Waals surface area contributed by atoms with E-state index in [1.807, 2.05) is 0 Å². The van der Waals surface area contributed by atoms with Crippen LogP contribution in [0.25, 0.3) is 0 Å². The van der Waals surface area contributed by atoms with Gasteiger partial charge in [-0.1, -0.05) is 0 Å².